The fourth-order valence-electron chi connectivity index (χ4n) is 4.38. The number of esters is 1. The number of ether oxygens (including phenoxy) is 2. The third-order valence-electron chi connectivity index (χ3n) is 5.76. The zero-order valence-electron chi connectivity index (χ0n) is 16.9. The van der Waals surface area contributed by atoms with Gasteiger partial charge in [0.25, 0.3) is 0 Å². The molecule has 0 N–H and O–H groups in total. The maximum Gasteiger partial charge on any atom is 0.348 e. The molecular weight excluding hydrogens is 396 g/mol. The highest BCUT2D eigenvalue weighted by molar-refractivity contribution is 7.17. The van der Waals surface area contributed by atoms with Crippen molar-refractivity contribution in [1.29, 1.82) is 0 Å². The van der Waals surface area contributed by atoms with Crippen molar-refractivity contribution >= 4 is 23.0 Å². The van der Waals surface area contributed by atoms with E-state index in [2.05, 4.69) is 34.9 Å². The third-order valence-corrected chi connectivity index (χ3v) is 6.87. The van der Waals surface area contributed by atoms with Crippen LogP contribution in [0, 0.1) is 0 Å². The van der Waals surface area contributed by atoms with Gasteiger partial charge in [-0.1, -0.05) is 18.2 Å². The molecule has 3 aromatic heterocycles. The maximum absolute atomic E-state index is 11.8. The molecule has 0 radical (unpaired) electrons. The Balaban J connectivity index is 1.63. The summed E-state index contributed by atoms with van der Waals surface area (Å²) in [6.45, 7) is 0. The van der Waals surface area contributed by atoms with Crippen molar-refractivity contribution in [1.82, 2.24) is 9.38 Å². The number of pyridine rings is 1. The average Bonchev–Trinajstić information content (AvgIpc) is 3.43. The van der Waals surface area contributed by atoms with Crippen LogP contribution in [0.1, 0.15) is 45.4 Å². The number of methoxy groups -OCH3 is 2. The normalized spacial score (nSPS) is 15.7. The van der Waals surface area contributed by atoms with Crippen molar-refractivity contribution in [3.63, 3.8) is 0 Å². The Bertz CT molecular complexity index is 1240. The fraction of sp³-hybridized carbons (Fsp3) is 0.250. The molecule has 152 valence electrons. The second kappa shape index (κ2) is 7.61. The van der Waals surface area contributed by atoms with Crippen LogP contribution in [0.2, 0.25) is 0 Å². The quantitative estimate of drug-likeness (QED) is 0.421. The van der Waals surface area contributed by atoms with E-state index >= 15 is 0 Å². The Morgan fingerprint density at radius 2 is 2.00 bits per heavy atom. The number of hydrogen-bond acceptors (Lipinski definition) is 5. The van der Waals surface area contributed by atoms with Gasteiger partial charge in [0.05, 0.1) is 25.6 Å². The van der Waals surface area contributed by atoms with Gasteiger partial charge in [-0.25, -0.2) is 9.78 Å². The summed E-state index contributed by atoms with van der Waals surface area (Å²) in [6.07, 6.45) is 5.31. The van der Waals surface area contributed by atoms with Crippen LogP contribution in [-0.4, -0.2) is 29.6 Å². The van der Waals surface area contributed by atoms with Gasteiger partial charge in [-0.2, -0.15) is 0 Å². The van der Waals surface area contributed by atoms with Gasteiger partial charge in [0.15, 0.2) is 0 Å². The lowest BCUT2D eigenvalue weighted by Gasteiger charge is -2.24. The molecule has 1 aromatic carbocycles. The van der Waals surface area contributed by atoms with Crippen molar-refractivity contribution in [3.05, 3.63) is 76.6 Å². The summed E-state index contributed by atoms with van der Waals surface area (Å²) in [4.78, 5) is 18.4. The topological polar surface area (TPSA) is 52.8 Å². The summed E-state index contributed by atoms with van der Waals surface area (Å²) in [6, 6.07) is 16.2. The smallest absolute Gasteiger partial charge is 0.348 e. The van der Waals surface area contributed by atoms with E-state index in [1.54, 1.807) is 7.11 Å². The van der Waals surface area contributed by atoms with Crippen molar-refractivity contribution in [2.45, 2.75) is 25.2 Å². The molecule has 4 aromatic rings. The van der Waals surface area contributed by atoms with Crippen LogP contribution in [-0.2, 0) is 11.2 Å². The van der Waals surface area contributed by atoms with Crippen molar-refractivity contribution in [2.24, 2.45) is 0 Å². The van der Waals surface area contributed by atoms with Crippen LogP contribution in [0.25, 0.3) is 16.1 Å². The highest BCUT2D eigenvalue weighted by Crippen LogP contribution is 2.41. The number of nitrogens with zero attached hydrogens (tertiary/aromatic N) is 2. The van der Waals surface area contributed by atoms with Crippen molar-refractivity contribution in [3.8, 4) is 16.2 Å². The van der Waals surface area contributed by atoms with E-state index in [0.717, 1.165) is 46.8 Å². The Hall–Kier alpha value is -3.12. The first-order valence-electron chi connectivity index (χ1n) is 10.0. The lowest BCUT2D eigenvalue weighted by molar-refractivity contribution is 0.0606. The molecule has 0 amide bonds. The molecule has 5 nitrogen and oxygen atoms in total. The molecule has 1 aliphatic carbocycles. The number of aryl methyl sites for hydroxylation is 1. The molecular formula is C24H22N2O3S. The number of carbonyl (C=O) groups is 1. The van der Waals surface area contributed by atoms with E-state index in [9.17, 15) is 4.79 Å². The summed E-state index contributed by atoms with van der Waals surface area (Å²) in [7, 11) is 3.13. The van der Waals surface area contributed by atoms with Crippen LogP contribution < -0.4 is 4.74 Å². The number of hydrogen-bond donors (Lipinski definition) is 0. The Morgan fingerprint density at radius 3 is 2.83 bits per heavy atom. The Kier molecular flexibility index (Phi) is 4.79. The second-order valence-electron chi connectivity index (χ2n) is 7.43. The van der Waals surface area contributed by atoms with Gasteiger partial charge in [-0.15, -0.1) is 11.3 Å². The van der Waals surface area contributed by atoms with Crippen LogP contribution in [0.5, 0.6) is 5.75 Å². The van der Waals surface area contributed by atoms with Crippen LogP contribution in [0.15, 0.2) is 54.7 Å². The average molecular weight is 419 g/mol. The number of benzene rings is 1. The standard InChI is InChI=1S/C24H22N2O3S/c1-28-19-9-4-3-6-16(19)17-7-5-8-18-23(17)26-14-15(10-13-22(26)25-18)20-11-12-21(30-20)24(27)29-2/h3-4,6,9-14,17H,5,7-8H2,1-2H3. The molecule has 1 atom stereocenters. The van der Waals surface area contributed by atoms with E-state index in [0.29, 0.717) is 4.88 Å². The third kappa shape index (κ3) is 3.08. The second-order valence-corrected chi connectivity index (χ2v) is 8.52. The first-order valence-corrected chi connectivity index (χ1v) is 10.8. The predicted molar refractivity (Wildman–Crippen MR) is 118 cm³/mol. The molecule has 3 heterocycles. The molecule has 0 bridgehead atoms. The van der Waals surface area contributed by atoms with E-state index < -0.39 is 0 Å². The molecule has 5 rings (SSSR count). The van der Waals surface area contributed by atoms with E-state index in [1.165, 1.54) is 29.7 Å². The number of aromatic nitrogens is 2. The summed E-state index contributed by atoms with van der Waals surface area (Å²) >= 11 is 1.44. The summed E-state index contributed by atoms with van der Waals surface area (Å²) in [5, 5.41) is 0. The minimum absolute atomic E-state index is 0.240. The van der Waals surface area contributed by atoms with Crippen LogP contribution in [0.3, 0.4) is 0 Å². The number of imidazole rings is 1. The van der Waals surface area contributed by atoms with Gasteiger partial charge in [-0.05, 0) is 49.6 Å². The zero-order valence-corrected chi connectivity index (χ0v) is 17.7. The van der Waals surface area contributed by atoms with E-state index in [-0.39, 0.29) is 11.9 Å². The number of fused-ring (bicyclic) bond motifs is 3. The van der Waals surface area contributed by atoms with Crippen LogP contribution >= 0.6 is 11.3 Å². The number of para-hydroxylation sites is 1. The molecule has 0 saturated carbocycles. The van der Waals surface area contributed by atoms with Gasteiger partial charge in [0, 0.05) is 28.1 Å². The minimum Gasteiger partial charge on any atom is -0.496 e. The molecule has 30 heavy (non-hydrogen) atoms. The maximum atomic E-state index is 11.8. The summed E-state index contributed by atoms with van der Waals surface area (Å²) < 4.78 is 12.7. The fourth-order valence-corrected chi connectivity index (χ4v) is 5.30. The van der Waals surface area contributed by atoms with Crippen LogP contribution in [0.4, 0.5) is 0 Å². The first kappa shape index (κ1) is 18.9. The lowest BCUT2D eigenvalue weighted by atomic mass is 9.84. The summed E-state index contributed by atoms with van der Waals surface area (Å²) in [5.41, 5.74) is 5.63. The zero-order chi connectivity index (χ0) is 20.7. The monoisotopic (exact) mass is 418 g/mol. The van der Waals surface area contributed by atoms with Gasteiger partial charge in [-0.3, -0.25) is 0 Å². The molecule has 0 aliphatic heterocycles. The highest BCUT2D eigenvalue weighted by Gasteiger charge is 2.29. The molecule has 1 aliphatic rings. The molecule has 0 spiro atoms. The van der Waals surface area contributed by atoms with Gasteiger partial charge in [0.1, 0.15) is 16.3 Å². The SMILES string of the molecule is COC(=O)c1ccc(-c2ccc3nc4c(n3c2)C(c2ccccc2OC)CCC4)s1. The first-order chi connectivity index (χ1) is 14.7. The molecule has 0 saturated heterocycles. The van der Waals surface area contributed by atoms with Crippen molar-refractivity contribution < 1.29 is 14.3 Å². The Morgan fingerprint density at radius 1 is 1.13 bits per heavy atom. The van der Waals surface area contributed by atoms with Gasteiger partial charge in [0.2, 0.25) is 0 Å². The predicted octanol–water partition coefficient (Wildman–Crippen LogP) is 5.33. The largest absolute Gasteiger partial charge is 0.496 e. The number of carbonyl (C=O) groups excluding carboxylic acids is 1. The van der Waals surface area contributed by atoms with E-state index in [4.69, 9.17) is 14.5 Å². The van der Waals surface area contributed by atoms with E-state index in [1.807, 2.05) is 24.3 Å². The lowest BCUT2D eigenvalue weighted by Crippen LogP contribution is -2.13. The molecule has 6 heteroatoms. The summed E-state index contributed by atoms with van der Waals surface area (Å²) in [5.74, 6) is 0.857. The highest BCUT2D eigenvalue weighted by atomic mass is 32.1. The van der Waals surface area contributed by atoms with Crippen molar-refractivity contribution in [2.75, 3.05) is 14.2 Å². The number of rotatable bonds is 4. The van der Waals surface area contributed by atoms with Gasteiger partial charge >= 0.3 is 5.97 Å². The Labute approximate surface area is 178 Å². The molecule has 1 unspecified atom stereocenters. The molecule has 0 fully saturated rings. The number of thiophene rings is 1. The van der Waals surface area contributed by atoms with Gasteiger partial charge < -0.3 is 13.9 Å². The minimum atomic E-state index is -0.302.